The molecule has 0 aliphatic heterocycles. The van der Waals surface area contributed by atoms with E-state index in [-0.39, 0.29) is 0 Å². The summed E-state index contributed by atoms with van der Waals surface area (Å²) >= 11 is 0. The minimum atomic E-state index is 1.09. The molecule has 2 rings (SSSR count). The molecule has 0 fully saturated rings. The predicted molar refractivity (Wildman–Crippen MR) is 67.2 cm³/mol. The lowest BCUT2D eigenvalue weighted by Crippen LogP contribution is -1.81. The average Bonchev–Trinajstić information content (AvgIpc) is 2.51. The molecule has 2 aromatic rings. The average molecular weight is 201 g/mol. The minimum Gasteiger partial charge on any atom is -0.325 e. The van der Waals surface area contributed by atoms with Crippen LogP contribution in [0.25, 0.3) is 23.1 Å². The summed E-state index contributed by atoms with van der Waals surface area (Å²) in [6.07, 6.45) is 3.73. The van der Waals surface area contributed by atoms with E-state index < -0.39 is 0 Å². The van der Waals surface area contributed by atoms with Gasteiger partial charge in [-0.2, -0.15) is 0 Å². The van der Waals surface area contributed by atoms with Gasteiger partial charge in [0.15, 0.2) is 0 Å². The van der Waals surface area contributed by atoms with Crippen molar-refractivity contribution in [3.63, 3.8) is 0 Å². The zero-order valence-electron chi connectivity index (χ0n) is 7.90. The van der Waals surface area contributed by atoms with Crippen LogP contribution in [0, 0.1) is 0 Å². The van der Waals surface area contributed by atoms with Gasteiger partial charge in [0.05, 0.1) is 11.2 Å². The fraction of sp³-hybridized carbons (Fsp3) is 0. The monoisotopic (exact) mass is 201 g/mol. The highest BCUT2D eigenvalue weighted by molar-refractivity contribution is 7.15. The fourth-order valence-corrected chi connectivity index (χ4v) is 2.20. The van der Waals surface area contributed by atoms with E-state index in [4.69, 9.17) is 0 Å². The quantitative estimate of drug-likeness (QED) is 0.654. The van der Waals surface area contributed by atoms with Gasteiger partial charge in [-0.05, 0) is 21.5 Å². The summed E-state index contributed by atoms with van der Waals surface area (Å²) in [4.78, 5) is 0. The van der Waals surface area contributed by atoms with E-state index in [1.54, 1.807) is 0 Å². The Bertz CT molecular complexity index is 508. The van der Waals surface area contributed by atoms with Gasteiger partial charge in [-0.3, -0.25) is 0 Å². The van der Waals surface area contributed by atoms with Crippen molar-refractivity contribution in [1.29, 1.82) is 0 Å². The number of hydrogen-bond acceptors (Lipinski definition) is 0. The molecule has 0 aliphatic carbocycles. The lowest BCUT2D eigenvalue weighted by atomic mass is 10.1. The smallest absolute Gasteiger partial charge is 0.0521 e. The Morgan fingerprint density at radius 1 is 1.14 bits per heavy atom. The summed E-state index contributed by atoms with van der Waals surface area (Å²) in [6, 6.07) is 8.25. The molecule has 0 N–H and O–H groups in total. The second-order valence-corrected chi connectivity index (χ2v) is 3.61. The summed E-state index contributed by atoms with van der Waals surface area (Å²) in [6.45, 7) is 7.65. The molecule has 0 bridgehead atoms. The summed E-state index contributed by atoms with van der Waals surface area (Å²) < 4.78 is 2.05. The molecule has 2 heteroatoms. The Morgan fingerprint density at radius 3 is 2.50 bits per heavy atom. The molecule has 1 unspecified atom stereocenters. The molecule has 0 amide bonds. The number of nitrogens with zero attached hydrogens (tertiary/aromatic N) is 1. The summed E-state index contributed by atoms with van der Waals surface area (Å²) in [7, 11) is 2.69. The number of aromatic nitrogens is 1. The van der Waals surface area contributed by atoms with Crippen LogP contribution in [-0.2, 0) is 0 Å². The van der Waals surface area contributed by atoms with Crippen LogP contribution in [0.5, 0.6) is 0 Å². The SMILES string of the molecule is C=Cc1c(C=C)n(P)c2ccccc12. The van der Waals surface area contributed by atoms with Gasteiger partial charge in [0.1, 0.15) is 0 Å². The van der Waals surface area contributed by atoms with Crippen LogP contribution in [0.1, 0.15) is 11.3 Å². The van der Waals surface area contributed by atoms with Crippen LogP contribution in [0.3, 0.4) is 0 Å². The first-order chi connectivity index (χ1) is 6.79. The highest BCUT2D eigenvalue weighted by Gasteiger charge is 2.08. The number of benzene rings is 1. The Hall–Kier alpha value is -1.33. The topological polar surface area (TPSA) is 4.93 Å². The first kappa shape index (κ1) is 9.23. The van der Waals surface area contributed by atoms with Crippen LogP contribution in [0.4, 0.5) is 0 Å². The van der Waals surface area contributed by atoms with E-state index in [1.807, 2.05) is 24.3 Å². The molecule has 1 atom stereocenters. The first-order valence-electron chi connectivity index (χ1n) is 4.43. The molecule has 70 valence electrons. The molecular weight excluding hydrogens is 189 g/mol. The second kappa shape index (κ2) is 3.43. The Morgan fingerprint density at radius 2 is 1.86 bits per heavy atom. The largest absolute Gasteiger partial charge is 0.325 e. The van der Waals surface area contributed by atoms with Crippen LogP contribution in [-0.4, -0.2) is 4.34 Å². The minimum absolute atomic E-state index is 1.09. The lowest BCUT2D eigenvalue weighted by molar-refractivity contribution is 1.31. The molecule has 1 aromatic carbocycles. The molecule has 0 spiro atoms. The van der Waals surface area contributed by atoms with E-state index in [0.717, 1.165) is 11.3 Å². The molecule has 0 saturated carbocycles. The van der Waals surface area contributed by atoms with E-state index >= 15 is 0 Å². The van der Waals surface area contributed by atoms with Crippen molar-refractivity contribution in [2.45, 2.75) is 0 Å². The van der Waals surface area contributed by atoms with Gasteiger partial charge in [0.2, 0.25) is 0 Å². The van der Waals surface area contributed by atoms with E-state index in [9.17, 15) is 0 Å². The normalized spacial score (nSPS) is 10.4. The van der Waals surface area contributed by atoms with Crippen LogP contribution < -0.4 is 0 Å². The summed E-state index contributed by atoms with van der Waals surface area (Å²) in [5.41, 5.74) is 3.42. The van der Waals surface area contributed by atoms with Gasteiger partial charge in [-0.15, -0.1) is 0 Å². The molecule has 0 aliphatic rings. The molecule has 0 radical (unpaired) electrons. The van der Waals surface area contributed by atoms with E-state index in [1.165, 1.54) is 10.9 Å². The maximum atomic E-state index is 3.83. The van der Waals surface area contributed by atoms with Crippen LogP contribution in [0.15, 0.2) is 37.4 Å². The van der Waals surface area contributed by atoms with Gasteiger partial charge >= 0.3 is 0 Å². The number of hydrogen-bond donors (Lipinski definition) is 0. The highest BCUT2D eigenvalue weighted by Crippen LogP contribution is 2.29. The number of para-hydroxylation sites is 1. The summed E-state index contributed by atoms with van der Waals surface area (Å²) in [5, 5.41) is 1.22. The number of rotatable bonds is 2. The fourth-order valence-electron chi connectivity index (χ4n) is 1.73. The molecule has 14 heavy (non-hydrogen) atoms. The van der Waals surface area contributed by atoms with Crippen molar-refractivity contribution in [1.82, 2.24) is 4.34 Å². The third kappa shape index (κ3) is 1.13. The van der Waals surface area contributed by atoms with Gasteiger partial charge in [0.25, 0.3) is 0 Å². The Labute approximate surface area is 86.0 Å². The Balaban J connectivity index is 2.98. The van der Waals surface area contributed by atoms with Gasteiger partial charge in [-0.1, -0.05) is 37.4 Å². The van der Waals surface area contributed by atoms with Crippen molar-refractivity contribution in [3.8, 4) is 0 Å². The maximum Gasteiger partial charge on any atom is 0.0521 e. The second-order valence-electron chi connectivity index (χ2n) is 3.09. The van der Waals surface area contributed by atoms with E-state index in [0.29, 0.717) is 0 Å². The van der Waals surface area contributed by atoms with Crippen molar-refractivity contribution >= 4 is 32.4 Å². The molecule has 1 nitrogen and oxygen atoms in total. The third-order valence-corrected chi connectivity index (χ3v) is 2.94. The molecule has 1 heterocycles. The lowest BCUT2D eigenvalue weighted by Gasteiger charge is -1.97. The number of fused-ring (bicyclic) bond motifs is 1. The van der Waals surface area contributed by atoms with Crippen molar-refractivity contribution in [2.24, 2.45) is 0 Å². The van der Waals surface area contributed by atoms with Crippen molar-refractivity contribution < 1.29 is 0 Å². The third-order valence-electron chi connectivity index (χ3n) is 2.39. The first-order valence-corrected chi connectivity index (χ1v) is 4.94. The maximum absolute atomic E-state index is 3.83. The van der Waals surface area contributed by atoms with E-state index in [2.05, 4.69) is 39.0 Å². The zero-order chi connectivity index (χ0) is 10.1. The zero-order valence-corrected chi connectivity index (χ0v) is 9.06. The predicted octanol–water partition coefficient (Wildman–Crippen LogP) is 3.57. The summed E-state index contributed by atoms with van der Waals surface area (Å²) in [5.74, 6) is 0. The molecule has 1 aromatic heterocycles. The van der Waals surface area contributed by atoms with Crippen molar-refractivity contribution in [3.05, 3.63) is 48.7 Å². The van der Waals surface area contributed by atoms with Crippen LogP contribution in [0.2, 0.25) is 0 Å². The standard InChI is InChI=1S/C12H12NP/c1-3-9-10-7-5-6-8-12(10)13(14)11(9)4-2/h3-8H,1-2,14H2. The highest BCUT2D eigenvalue weighted by atomic mass is 31.0. The van der Waals surface area contributed by atoms with Crippen LogP contribution >= 0.6 is 9.39 Å². The molecule has 0 saturated heterocycles. The Kier molecular flexibility index (Phi) is 2.26. The van der Waals surface area contributed by atoms with Gasteiger partial charge < -0.3 is 4.34 Å². The van der Waals surface area contributed by atoms with Gasteiger partial charge in [0, 0.05) is 10.9 Å². The molecular formula is C12H12NP. The van der Waals surface area contributed by atoms with Gasteiger partial charge in [-0.25, -0.2) is 0 Å². The van der Waals surface area contributed by atoms with Crippen molar-refractivity contribution in [2.75, 3.05) is 0 Å².